The van der Waals surface area contributed by atoms with E-state index in [1.165, 1.54) is 11.6 Å². The molecule has 1 aliphatic carbocycles. The predicted octanol–water partition coefficient (Wildman–Crippen LogP) is 4.16. The quantitative estimate of drug-likeness (QED) is 0.798. The lowest BCUT2D eigenvalue weighted by atomic mass is 9.87. The Morgan fingerprint density at radius 3 is 2.53 bits per heavy atom. The van der Waals surface area contributed by atoms with Crippen LogP contribution in [0.2, 0.25) is 0 Å². The molecule has 0 unspecified atom stereocenters. The summed E-state index contributed by atoms with van der Waals surface area (Å²) in [6, 6.07) is 14.6. The summed E-state index contributed by atoms with van der Waals surface area (Å²) < 4.78 is 28.0. The van der Waals surface area contributed by atoms with Gasteiger partial charge in [0, 0.05) is 18.7 Å². The number of fused-ring (bicyclic) bond motifs is 1. The van der Waals surface area contributed by atoms with E-state index in [0.29, 0.717) is 30.5 Å². The molecule has 0 bridgehead atoms. The van der Waals surface area contributed by atoms with Gasteiger partial charge in [0.05, 0.1) is 10.9 Å². The molecule has 2 aromatic carbocycles. The van der Waals surface area contributed by atoms with Gasteiger partial charge >= 0.3 is 0 Å². The normalized spacial score (nSPS) is 24.8. The number of sulfonamides is 1. The Hall–Kier alpha value is -2.18. The molecular weight excluding hydrogens is 396 g/mol. The van der Waals surface area contributed by atoms with Crippen molar-refractivity contribution in [3.63, 3.8) is 0 Å². The molecule has 1 N–H and O–H groups in total. The summed E-state index contributed by atoms with van der Waals surface area (Å²) in [7, 11) is -3.61. The minimum Gasteiger partial charge on any atom is -0.345 e. The third-order valence-corrected chi connectivity index (χ3v) is 8.07. The first kappa shape index (κ1) is 21.1. The summed E-state index contributed by atoms with van der Waals surface area (Å²) in [4.78, 5) is 13.2. The van der Waals surface area contributed by atoms with Crippen LogP contribution in [-0.4, -0.2) is 31.7 Å². The smallest absolute Gasteiger partial charge is 0.251 e. The summed E-state index contributed by atoms with van der Waals surface area (Å²) in [5.41, 5.74) is 2.83. The summed E-state index contributed by atoms with van der Waals surface area (Å²) in [5.74, 6) is 0.442. The Morgan fingerprint density at radius 2 is 1.77 bits per heavy atom. The molecule has 0 radical (unpaired) electrons. The van der Waals surface area contributed by atoms with Gasteiger partial charge in [0.15, 0.2) is 0 Å². The SMILES string of the molecule is C[C@H]1C[C@H](C)CN(S(=O)(=O)c2cccc(C(=O)N[C@@H]3CCCc4ccccc43)c2)C1. The van der Waals surface area contributed by atoms with E-state index in [0.717, 1.165) is 31.2 Å². The fourth-order valence-electron chi connectivity index (χ4n) is 4.89. The highest BCUT2D eigenvalue weighted by Crippen LogP contribution is 2.30. The van der Waals surface area contributed by atoms with Crippen molar-refractivity contribution in [2.75, 3.05) is 13.1 Å². The van der Waals surface area contributed by atoms with Crippen molar-refractivity contribution in [1.82, 2.24) is 9.62 Å². The summed E-state index contributed by atoms with van der Waals surface area (Å²) in [6.07, 6.45) is 3.99. The van der Waals surface area contributed by atoms with Crippen molar-refractivity contribution in [2.24, 2.45) is 11.8 Å². The number of hydrogen-bond donors (Lipinski definition) is 1. The number of piperidine rings is 1. The standard InChI is InChI=1S/C24H30N2O3S/c1-17-13-18(2)16-26(15-17)30(28,29)21-10-5-9-20(14-21)24(27)25-23-12-6-8-19-7-3-4-11-22(19)23/h3-5,7,9-11,14,17-18,23H,6,8,12-13,15-16H2,1-2H3,(H,25,27)/t17-,18-,23+/m0/s1. The molecule has 30 heavy (non-hydrogen) atoms. The van der Waals surface area contributed by atoms with Gasteiger partial charge in [-0.05, 0) is 66.8 Å². The molecule has 0 aromatic heterocycles. The maximum atomic E-state index is 13.2. The zero-order valence-electron chi connectivity index (χ0n) is 17.7. The molecule has 5 nitrogen and oxygen atoms in total. The fourth-order valence-corrected chi connectivity index (χ4v) is 6.62. The monoisotopic (exact) mass is 426 g/mol. The van der Waals surface area contributed by atoms with Crippen LogP contribution >= 0.6 is 0 Å². The number of hydrogen-bond acceptors (Lipinski definition) is 3. The molecule has 0 saturated carbocycles. The van der Waals surface area contributed by atoms with Gasteiger partial charge in [-0.15, -0.1) is 0 Å². The van der Waals surface area contributed by atoms with Gasteiger partial charge < -0.3 is 5.32 Å². The van der Waals surface area contributed by atoms with E-state index in [9.17, 15) is 13.2 Å². The average molecular weight is 427 g/mol. The number of benzene rings is 2. The first-order valence-corrected chi connectivity index (χ1v) is 12.3. The second-order valence-corrected chi connectivity index (χ2v) is 10.9. The molecular formula is C24H30N2O3S. The number of nitrogens with zero attached hydrogens (tertiary/aromatic N) is 1. The van der Waals surface area contributed by atoms with Crippen LogP contribution in [-0.2, 0) is 16.4 Å². The highest BCUT2D eigenvalue weighted by molar-refractivity contribution is 7.89. The number of carbonyl (C=O) groups excluding carboxylic acids is 1. The maximum Gasteiger partial charge on any atom is 0.251 e. The van der Waals surface area contributed by atoms with Gasteiger partial charge in [0.2, 0.25) is 10.0 Å². The minimum absolute atomic E-state index is 0.0356. The summed E-state index contributed by atoms with van der Waals surface area (Å²) in [5, 5.41) is 3.12. The zero-order valence-corrected chi connectivity index (χ0v) is 18.5. The van der Waals surface area contributed by atoms with Crippen LogP contribution in [0.5, 0.6) is 0 Å². The van der Waals surface area contributed by atoms with Crippen molar-refractivity contribution in [3.05, 3.63) is 65.2 Å². The molecule has 2 aromatic rings. The lowest BCUT2D eigenvalue weighted by Gasteiger charge is -2.34. The lowest BCUT2D eigenvalue weighted by Crippen LogP contribution is -2.42. The Kier molecular flexibility index (Phi) is 5.98. The molecule has 1 amide bonds. The van der Waals surface area contributed by atoms with Crippen LogP contribution in [0.4, 0.5) is 0 Å². The molecule has 1 fully saturated rings. The predicted molar refractivity (Wildman–Crippen MR) is 118 cm³/mol. The number of rotatable bonds is 4. The number of nitrogens with one attached hydrogen (secondary N) is 1. The van der Waals surface area contributed by atoms with Crippen LogP contribution in [0, 0.1) is 11.8 Å². The van der Waals surface area contributed by atoms with Crippen LogP contribution in [0.3, 0.4) is 0 Å². The molecule has 1 heterocycles. The highest BCUT2D eigenvalue weighted by Gasteiger charge is 2.32. The largest absolute Gasteiger partial charge is 0.345 e. The van der Waals surface area contributed by atoms with Crippen molar-refractivity contribution in [2.45, 2.75) is 50.5 Å². The van der Waals surface area contributed by atoms with E-state index < -0.39 is 10.0 Å². The lowest BCUT2D eigenvalue weighted by molar-refractivity contribution is 0.0932. The summed E-state index contributed by atoms with van der Waals surface area (Å²) in [6.45, 7) is 5.23. The zero-order chi connectivity index (χ0) is 21.3. The van der Waals surface area contributed by atoms with Gasteiger partial charge in [-0.25, -0.2) is 8.42 Å². The van der Waals surface area contributed by atoms with E-state index >= 15 is 0 Å². The third-order valence-electron chi connectivity index (χ3n) is 6.24. The third kappa shape index (κ3) is 4.30. The highest BCUT2D eigenvalue weighted by atomic mass is 32.2. The molecule has 4 rings (SSSR count). The second-order valence-electron chi connectivity index (χ2n) is 8.91. The van der Waals surface area contributed by atoms with E-state index in [1.807, 2.05) is 12.1 Å². The molecule has 1 aliphatic heterocycles. The van der Waals surface area contributed by atoms with Gasteiger partial charge in [-0.1, -0.05) is 44.2 Å². The van der Waals surface area contributed by atoms with E-state index in [4.69, 9.17) is 0 Å². The first-order chi connectivity index (χ1) is 14.3. The topological polar surface area (TPSA) is 66.5 Å². The fraction of sp³-hybridized carbons (Fsp3) is 0.458. The number of aryl methyl sites for hydroxylation is 1. The van der Waals surface area contributed by atoms with Gasteiger partial charge in [0.25, 0.3) is 5.91 Å². The Balaban J connectivity index is 1.54. The maximum absolute atomic E-state index is 13.2. The first-order valence-electron chi connectivity index (χ1n) is 10.8. The van der Waals surface area contributed by atoms with Gasteiger partial charge in [0.1, 0.15) is 0 Å². The van der Waals surface area contributed by atoms with E-state index in [1.54, 1.807) is 22.5 Å². The van der Waals surface area contributed by atoms with Crippen molar-refractivity contribution in [3.8, 4) is 0 Å². The van der Waals surface area contributed by atoms with E-state index in [2.05, 4.69) is 31.3 Å². The van der Waals surface area contributed by atoms with Crippen molar-refractivity contribution in [1.29, 1.82) is 0 Å². The molecule has 6 heteroatoms. The Morgan fingerprint density at radius 1 is 1.03 bits per heavy atom. The van der Waals surface area contributed by atoms with E-state index in [-0.39, 0.29) is 16.8 Å². The average Bonchev–Trinajstić information content (AvgIpc) is 2.73. The molecule has 3 atom stereocenters. The van der Waals surface area contributed by atoms with Crippen LogP contribution in [0.25, 0.3) is 0 Å². The number of carbonyl (C=O) groups is 1. The molecule has 1 saturated heterocycles. The Labute approximate surface area is 179 Å². The Bertz CT molecular complexity index is 1020. The van der Waals surface area contributed by atoms with Crippen LogP contribution in [0.15, 0.2) is 53.4 Å². The minimum atomic E-state index is -3.61. The molecule has 2 aliphatic rings. The van der Waals surface area contributed by atoms with Crippen molar-refractivity contribution < 1.29 is 13.2 Å². The molecule has 0 spiro atoms. The van der Waals surface area contributed by atoms with Crippen LogP contribution < -0.4 is 5.32 Å². The van der Waals surface area contributed by atoms with Crippen molar-refractivity contribution >= 4 is 15.9 Å². The van der Waals surface area contributed by atoms with Gasteiger partial charge in [-0.3, -0.25) is 4.79 Å². The number of amides is 1. The molecule has 160 valence electrons. The van der Waals surface area contributed by atoms with Gasteiger partial charge in [-0.2, -0.15) is 4.31 Å². The second kappa shape index (κ2) is 8.52. The van der Waals surface area contributed by atoms with Crippen LogP contribution in [0.1, 0.15) is 60.6 Å². The summed E-state index contributed by atoms with van der Waals surface area (Å²) >= 11 is 0.